The number of hydrogen-bond acceptors (Lipinski definition) is 1. The first-order chi connectivity index (χ1) is 8.30. The van der Waals surface area contributed by atoms with Crippen molar-refractivity contribution < 1.29 is 4.79 Å². The van der Waals surface area contributed by atoms with E-state index in [4.69, 9.17) is 0 Å². The maximum atomic E-state index is 12.0. The molecule has 18 heavy (non-hydrogen) atoms. The SMILES string of the molecule is CCCCC(CC)C(=O)NCC(Br)CC(C)(C)C. The molecule has 2 nitrogen and oxygen atoms in total. The van der Waals surface area contributed by atoms with Gasteiger partial charge in [0.15, 0.2) is 0 Å². The first kappa shape index (κ1) is 17.9. The molecule has 0 aromatic heterocycles. The van der Waals surface area contributed by atoms with Gasteiger partial charge >= 0.3 is 0 Å². The van der Waals surface area contributed by atoms with Gasteiger partial charge in [0, 0.05) is 17.3 Å². The van der Waals surface area contributed by atoms with Crippen molar-refractivity contribution in [3.05, 3.63) is 0 Å². The van der Waals surface area contributed by atoms with Crippen molar-refractivity contribution in [1.82, 2.24) is 5.32 Å². The molecule has 0 bridgehead atoms. The Morgan fingerprint density at radius 3 is 2.33 bits per heavy atom. The van der Waals surface area contributed by atoms with Crippen LogP contribution in [0, 0.1) is 11.3 Å². The smallest absolute Gasteiger partial charge is 0.223 e. The van der Waals surface area contributed by atoms with Crippen LogP contribution in [0.5, 0.6) is 0 Å². The van der Waals surface area contributed by atoms with Gasteiger partial charge in [-0.2, -0.15) is 0 Å². The molecule has 0 fully saturated rings. The van der Waals surface area contributed by atoms with Crippen LogP contribution in [-0.2, 0) is 4.79 Å². The maximum Gasteiger partial charge on any atom is 0.223 e. The number of rotatable bonds is 8. The Bertz CT molecular complexity index is 235. The second-order valence-corrected chi connectivity index (χ2v) is 7.65. The summed E-state index contributed by atoms with van der Waals surface area (Å²) in [5.41, 5.74) is 0.297. The summed E-state index contributed by atoms with van der Waals surface area (Å²) in [5.74, 6) is 0.420. The average Bonchev–Trinajstić information content (AvgIpc) is 2.25. The minimum atomic E-state index is 0.194. The van der Waals surface area contributed by atoms with Gasteiger partial charge in [-0.3, -0.25) is 4.79 Å². The fraction of sp³-hybridized carbons (Fsp3) is 0.933. The largest absolute Gasteiger partial charge is 0.355 e. The third-order valence-corrected chi connectivity index (χ3v) is 3.75. The van der Waals surface area contributed by atoms with E-state index in [1.165, 1.54) is 0 Å². The number of carbonyl (C=O) groups is 1. The zero-order valence-electron chi connectivity index (χ0n) is 12.7. The number of carbonyl (C=O) groups excluding carboxylic acids is 1. The molecule has 0 aliphatic rings. The third kappa shape index (κ3) is 8.96. The molecular formula is C15H30BrNO. The van der Waals surface area contributed by atoms with Crippen LogP contribution in [0.1, 0.15) is 66.7 Å². The molecule has 0 aromatic carbocycles. The zero-order chi connectivity index (χ0) is 14.2. The van der Waals surface area contributed by atoms with Crippen LogP contribution >= 0.6 is 15.9 Å². The highest BCUT2D eigenvalue weighted by molar-refractivity contribution is 9.09. The van der Waals surface area contributed by atoms with Crippen molar-refractivity contribution in [2.75, 3.05) is 6.54 Å². The van der Waals surface area contributed by atoms with E-state index >= 15 is 0 Å². The van der Waals surface area contributed by atoms with Crippen LogP contribution < -0.4 is 5.32 Å². The van der Waals surface area contributed by atoms with Crippen LogP contribution in [0.3, 0.4) is 0 Å². The van der Waals surface area contributed by atoms with Crippen molar-refractivity contribution in [2.45, 2.75) is 71.5 Å². The summed E-state index contributed by atoms with van der Waals surface area (Å²) in [6, 6.07) is 0. The molecule has 0 aliphatic carbocycles. The first-order valence-corrected chi connectivity index (χ1v) is 8.13. The average molecular weight is 320 g/mol. The lowest BCUT2D eigenvalue weighted by atomic mass is 9.90. The van der Waals surface area contributed by atoms with Crippen molar-refractivity contribution >= 4 is 21.8 Å². The fourth-order valence-corrected chi connectivity index (χ4v) is 3.20. The Morgan fingerprint density at radius 1 is 1.28 bits per heavy atom. The Kier molecular flexibility index (Phi) is 8.93. The van der Waals surface area contributed by atoms with Crippen LogP contribution in [-0.4, -0.2) is 17.3 Å². The molecule has 0 aromatic rings. The lowest BCUT2D eigenvalue weighted by Gasteiger charge is -2.23. The molecule has 0 rings (SSSR count). The number of hydrogen-bond donors (Lipinski definition) is 1. The highest BCUT2D eigenvalue weighted by Gasteiger charge is 2.19. The Morgan fingerprint density at radius 2 is 1.89 bits per heavy atom. The molecule has 0 heterocycles. The van der Waals surface area contributed by atoms with Gasteiger partial charge in [0.05, 0.1) is 0 Å². The van der Waals surface area contributed by atoms with Crippen LogP contribution in [0.2, 0.25) is 0 Å². The van der Waals surface area contributed by atoms with Crippen molar-refractivity contribution in [3.63, 3.8) is 0 Å². The second kappa shape index (κ2) is 8.95. The van der Waals surface area contributed by atoms with Gasteiger partial charge in [-0.15, -0.1) is 0 Å². The van der Waals surface area contributed by atoms with Gasteiger partial charge in [0.2, 0.25) is 5.91 Å². The predicted molar refractivity (Wildman–Crippen MR) is 83.1 cm³/mol. The molecule has 0 aliphatic heterocycles. The maximum absolute atomic E-state index is 12.0. The summed E-state index contributed by atoms with van der Waals surface area (Å²) < 4.78 is 0. The highest BCUT2D eigenvalue weighted by Crippen LogP contribution is 2.24. The molecule has 108 valence electrons. The van der Waals surface area contributed by atoms with E-state index in [1.807, 2.05) is 0 Å². The van der Waals surface area contributed by atoms with Crippen molar-refractivity contribution in [2.24, 2.45) is 11.3 Å². The van der Waals surface area contributed by atoms with Gasteiger partial charge < -0.3 is 5.32 Å². The molecule has 0 radical (unpaired) electrons. The Labute approximate surface area is 121 Å². The van der Waals surface area contributed by atoms with Crippen molar-refractivity contribution in [3.8, 4) is 0 Å². The van der Waals surface area contributed by atoms with Gasteiger partial charge in [-0.1, -0.05) is 63.4 Å². The second-order valence-electron chi connectivity index (χ2n) is 6.35. The summed E-state index contributed by atoms with van der Waals surface area (Å²) in [6.07, 6.45) is 5.34. The van der Waals surface area contributed by atoms with E-state index in [2.05, 4.69) is 55.9 Å². The van der Waals surface area contributed by atoms with E-state index in [0.29, 0.717) is 10.2 Å². The molecule has 0 saturated carbocycles. The van der Waals surface area contributed by atoms with E-state index in [0.717, 1.165) is 38.6 Å². The lowest BCUT2D eigenvalue weighted by molar-refractivity contribution is -0.125. The normalized spacial score (nSPS) is 15.2. The van der Waals surface area contributed by atoms with E-state index in [1.54, 1.807) is 0 Å². The zero-order valence-corrected chi connectivity index (χ0v) is 14.3. The molecule has 1 amide bonds. The molecule has 2 unspecified atom stereocenters. The van der Waals surface area contributed by atoms with E-state index in [-0.39, 0.29) is 11.8 Å². The fourth-order valence-electron chi connectivity index (χ4n) is 2.06. The number of nitrogens with one attached hydrogen (secondary N) is 1. The van der Waals surface area contributed by atoms with Crippen LogP contribution in [0.15, 0.2) is 0 Å². The minimum absolute atomic E-state index is 0.194. The minimum Gasteiger partial charge on any atom is -0.355 e. The lowest BCUT2D eigenvalue weighted by Crippen LogP contribution is -2.35. The number of unbranched alkanes of at least 4 members (excludes halogenated alkanes) is 1. The van der Waals surface area contributed by atoms with E-state index < -0.39 is 0 Å². The third-order valence-electron chi connectivity index (χ3n) is 3.10. The molecule has 3 heteroatoms. The predicted octanol–water partition coefficient (Wildman–Crippen LogP) is 4.52. The van der Waals surface area contributed by atoms with E-state index in [9.17, 15) is 4.79 Å². The summed E-state index contributed by atoms with van der Waals surface area (Å²) in [7, 11) is 0. The molecular weight excluding hydrogens is 290 g/mol. The number of amides is 1. The van der Waals surface area contributed by atoms with Crippen molar-refractivity contribution in [1.29, 1.82) is 0 Å². The Hall–Kier alpha value is -0.0500. The van der Waals surface area contributed by atoms with Gasteiger partial charge in [-0.25, -0.2) is 0 Å². The highest BCUT2D eigenvalue weighted by atomic mass is 79.9. The Balaban J connectivity index is 3.99. The summed E-state index contributed by atoms with van der Waals surface area (Å²) in [6.45, 7) is 11.7. The van der Waals surface area contributed by atoms with Gasteiger partial charge in [0.1, 0.15) is 0 Å². The number of halogens is 1. The first-order valence-electron chi connectivity index (χ1n) is 7.22. The van der Waals surface area contributed by atoms with Crippen LogP contribution in [0.25, 0.3) is 0 Å². The topological polar surface area (TPSA) is 29.1 Å². The number of alkyl halides is 1. The molecule has 2 atom stereocenters. The standard InChI is InChI=1S/C15H30BrNO/c1-6-8-9-12(7-2)14(18)17-11-13(16)10-15(3,4)5/h12-13H,6-11H2,1-5H3,(H,17,18). The molecule has 0 spiro atoms. The summed E-state index contributed by atoms with van der Waals surface area (Å²) >= 11 is 3.65. The quantitative estimate of drug-likeness (QED) is 0.655. The molecule has 1 N–H and O–H groups in total. The van der Waals surface area contributed by atoms with Gasteiger partial charge in [-0.05, 0) is 24.7 Å². The molecule has 0 saturated heterocycles. The summed E-state index contributed by atoms with van der Waals surface area (Å²) in [4.78, 5) is 12.4. The van der Waals surface area contributed by atoms with Gasteiger partial charge in [0.25, 0.3) is 0 Å². The summed E-state index contributed by atoms with van der Waals surface area (Å²) in [5, 5.41) is 3.08. The van der Waals surface area contributed by atoms with Crippen LogP contribution in [0.4, 0.5) is 0 Å². The monoisotopic (exact) mass is 319 g/mol.